The van der Waals surface area contributed by atoms with Crippen molar-refractivity contribution < 1.29 is 50.1 Å². The standard InChI is InChI=1S/C25H32F6N2O5/c1-17-11-18(14-32-7-3-20(4-8-32)36-16-34)13-19(12-17)15-37-23(2)5-9-33(10-6-23)22(35)38-21(24(26,27)28)25(29,30)31/h11-13,16,20-21H,3-10,14-15H2,1-2H3. The van der Waals surface area contributed by atoms with Gasteiger partial charge in [-0.1, -0.05) is 23.8 Å². The summed E-state index contributed by atoms with van der Waals surface area (Å²) in [5.74, 6) is 0. The summed E-state index contributed by atoms with van der Waals surface area (Å²) >= 11 is 0. The number of amides is 1. The Bertz CT molecular complexity index is 941. The Kier molecular flexibility index (Phi) is 9.56. The van der Waals surface area contributed by atoms with E-state index in [9.17, 15) is 35.9 Å². The molecule has 0 radical (unpaired) electrons. The molecule has 0 N–H and O–H groups in total. The molecule has 3 rings (SSSR count). The number of carbonyl (C=O) groups is 2. The summed E-state index contributed by atoms with van der Waals surface area (Å²) in [6.45, 7) is 6.67. The lowest BCUT2D eigenvalue weighted by Crippen LogP contribution is -2.51. The normalized spacial score (nSPS) is 19.4. The summed E-state index contributed by atoms with van der Waals surface area (Å²) in [6.07, 6.45) is -15.4. The maximum absolute atomic E-state index is 12.7. The zero-order valence-corrected chi connectivity index (χ0v) is 21.2. The predicted molar refractivity (Wildman–Crippen MR) is 123 cm³/mol. The highest BCUT2D eigenvalue weighted by Gasteiger charge is 2.60. The van der Waals surface area contributed by atoms with E-state index in [2.05, 4.69) is 15.7 Å². The molecule has 1 aromatic carbocycles. The minimum absolute atomic E-state index is 0.0463. The van der Waals surface area contributed by atoms with E-state index in [1.165, 1.54) is 0 Å². The highest BCUT2D eigenvalue weighted by Crippen LogP contribution is 2.36. The highest BCUT2D eigenvalue weighted by atomic mass is 19.4. The third-order valence-corrected chi connectivity index (χ3v) is 6.87. The lowest BCUT2D eigenvalue weighted by Gasteiger charge is -2.39. The molecule has 2 aliphatic heterocycles. The zero-order valence-electron chi connectivity index (χ0n) is 21.2. The van der Waals surface area contributed by atoms with Gasteiger partial charge in [0.15, 0.2) is 0 Å². The fourth-order valence-electron chi connectivity index (χ4n) is 4.72. The van der Waals surface area contributed by atoms with Crippen molar-refractivity contribution in [2.75, 3.05) is 26.2 Å². The van der Waals surface area contributed by atoms with Crippen molar-refractivity contribution >= 4 is 12.6 Å². The molecule has 0 spiro atoms. The van der Waals surface area contributed by atoms with Gasteiger partial charge < -0.3 is 19.1 Å². The van der Waals surface area contributed by atoms with Crippen LogP contribution in [0.15, 0.2) is 18.2 Å². The van der Waals surface area contributed by atoms with Crippen LogP contribution in [0.1, 0.15) is 49.3 Å². The Balaban J connectivity index is 1.51. The fourth-order valence-corrected chi connectivity index (χ4v) is 4.72. The first-order chi connectivity index (χ1) is 17.7. The largest absolute Gasteiger partial charge is 0.464 e. The molecule has 1 amide bonds. The third-order valence-electron chi connectivity index (χ3n) is 6.87. The second-order valence-electron chi connectivity index (χ2n) is 10.1. The van der Waals surface area contributed by atoms with Crippen molar-refractivity contribution in [1.82, 2.24) is 9.80 Å². The number of carbonyl (C=O) groups excluding carboxylic acids is 2. The summed E-state index contributed by atoms with van der Waals surface area (Å²) in [5, 5.41) is 0. The average molecular weight is 555 g/mol. The molecule has 0 unspecified atom stereocenters. The SMILES string of the molecule is Cc1cc(COC2(C)CCN(C(=O)OC(C(F)(F)F)C(F)(F)F)CC2)cc(CN2CCC(OC=O)CC2)c1. The average Bonchev–Trinajstić information content (AvgIpc) is 2.81. The Morgan fingerprint density at radius 3 is 2.16 bits per heavy atom. The van der Waals surface area contributed by atoms with E-state index in [1.54, 1.807) is 6.92 Å². The van der Waals surface area contributed by atoms with Crippen LogP contribution in [0.25, 0.3) is 0 Å². The van der Waals surface area contributed by atoms with E-state index in [0.29, 0.717) is 6.47 Å². The van der Waals surface area contributed by atoms with Gasteiger partial charge >= 0.3 is 18.4 Å². The molecule has 214 valence electrons. The van der Waals surface area contributed by atoms with E-state index < -0.39 is 30.2 Å². The van der Waals surface area contributed by atoms with Crippen molar-refractivity contribution in [3.8, 4) is 0 Å². The number of piperidine rings is 2. The van der Waals surface area contributed by atoms with Gasteiger partial charge in [-0.2, -0.15) is 26.3 Å². The number of rotatable bonds is 8. The quantitative estimate of drug-likeness (QED) is 0.328. The summed E-state index contributed by atoms with van der Waals surface area (Å²) in [7, 11) is 0. The summed E-state index contributed by atoms with van der Waals surface area (Å²) < 4.78 is 91.2. The first kappa shape index (κ1) is 30.0. The fraction of sp³-hybridized carbons (Fsp3) is 0.680. The topological polar surface area (TPSA) is 68.3 Å². The Labute approximate surface area is 217 Å². The Hall–Kier alpha value is -2.54. The van der Waals surface area contributed by atoms with E-state index >= 15 is 0 Å². The monoisotopic (exact) mass is 554 g/mol. The van der Waals surface area contributed by atoms with Gasteiger partial charge in [-0.3, -0.25) is 9.69 Å². The number of hydrogen-bond donors (Lipinski definition) is 0. The number of halogens is 6. The molecule has 0 aromatic heterocycles. The molecule has 38 heavy (non-hydrogen) atoms. The van der Waals surface area contributed by atoms with Crippen LogP contribution in [0.2, 0.25) is 0 Å². The molecule has 2 aliphatic rings. The molecule has 7 nitrogen and oxygen atoms in total. The van der Waals surface area contributed by atoms with Gasteiger partial charge in [0.25, 0.3) is 12.6 Å². The Morgan fingerprint density at radius 2 is 1.61 bits per heavy atom. The summed E-state index contributed by atoms with van der Waals surface area (Å²) in [5.41, 5.74) is 2.37. The molecular formula is C25H32F6N2O5. The molecule has 13 heteroatoms. The number of aryl methyl sites for hydroxylation is 1. The van der Waals surface area contributed by atoms with Crippen LogP contribution >= 0.6 is 0 Å². The number of hydrogen-bond acceptors (Lipinski definition) is 6. The van der Waals surface area contributed by atoms with E-state index in [1.807, 2.05) is 19.1 Å². The van der Waals surface area contributed by atoms with Crippen LogP contribution < -0.4 is 0 Å². The predicted octanol–water partition coefficient (Wildman–Crippen LogP) is 5.13. The molecule has 0 bridgehead atoms. The minimum Gasteiger partial charge on any atom is -0.464 e. The van der Waals surface area contributed by atoms with Gasteiger partial charge in [0.2, 0.25) is 0 Å². The minimum atomic E-state index is -5.75. The van der Waals surface area contributed by atoms with Gasteiger partial charge in [0, 0.05) is 32.7 Å². The van der Waals surface area contributed by atoms with Crippen LogP contribution in [-0.2, 0) is 32.2 Å². The summed E-state index contributed by atoms with van der Waals surface area (Å²) in [4.78, 5) is 25.7. The number of likely N-dealkylation sites (tertiary alicyclic amines) is 2. The molecule has 2 saturated heterocycles. The second kappa shape index (κ2) is 12.1. The lowest BCUT2D eigenvalue weighted by molar-refractivity contribution is -0.308. The zero-order chi connectivity index (χ0) is 28.1. The van der Waals surface area contributed by atoms with Crippen molar-refractivity contribution in [3.63, 3.8) is 0 Å². The number of benzene rings is 1. The van der Waals surface area contributed by atoms with Crippen molar-refractivity contribution in [3.05, 3.63) is 34.9 Å². The van der Waals surface area contributed by atoms with Gasteiger partial charge in [0.1, 0.15) is 6.10 Å². The van der Waals surface area contributed by atoms with E-state index in [0.717, 1.165) is 54.1 Å². The van der Waals surface area contributed by atoms with Crippen molar-refractivity contribution in [1.29, 1.82) is 0 Å². The first-order valence-electron chi connectivity index (χ1n) is 12.3. The number of nitrogens with zero attached hydrogens (tertiary/aromatic N) is 2. The van der Waals surface area contributed by atoms with Crippen LogP contribution in [-0.4, -0.2) is 78.7 Å². The maximum atomic E-state index is 12.7. The lowest BCUT2D eigenvalue weighted by atomic mass is 9.93. The molecular weight excluding hydrogens is 522 g/mol. The number of alkyl halides is 6. The highest BCUT2D eigenvalue weighted by molar-refractivity contribution is 5.68. The van der Waals surface area contributed by atoms with Crippen LogP contribution in [0.3, 0.4) is 0 Å². The van der Waals surface area contributed by atoms with Gasteiger partial charge in [0.05, 0.1) is 12.2 Å². The van der Waals surface area contributed by atoms with E-state index in [-0.39, 0.29) is 38.6 Å². The van der Waals surface area contributed by atoms with Gasteiger partial charge in [-0.05, 0) is 50.7 Å². The van der Waals surface area contributed by atoms with Crippen LogP contribution in [0, 0.1) is 6.92 Å². The Morgan fingerprint density at radius 1 is 1.03 bits per heavy atom. The van der Waals surface area contributed by atoms with Crippen LogP contribution in [0.4, 0.5) is 31.1 Å². The van der Waals surface area contributed by atoms with Crippen LogP contribution in [0.5, 0.6) is 0 Å². The molecule has 2 heterocycles. The summed E-state index contributed by atoms with van der Waals surface area (Å²) in [6, 6.07) is 6.10. The van der Waals surface area contributed by atoms with Crippen molar-refractivity contribution in [2.45, 2.75) is 82.8 Å². The molecule has 0 saturated carbocycles. The smallest absolute Gasteiger partial charge is 0.434 e. The van der Waals surface area contributed by atoms with E-state index in [4.69, 9.17) is 9.47 Å². The maximum Gasteiger partial charge on any atom is 0.434 e. The molecule has 2 fully saturated rings. The number of ether oxygens (including phenoxy) is 3. The van der Waals surface area contributed by atoms with Gasteiger partial charge in [-0.25, -0.2) is 4.79 Å². The van der Waals surface area contributed by atoms with Crippen molar-refractivity contribution in [2.24, 2.45) is 0 Å². The second-order valence-corrected chi connectivity index (χ2v) is 10.1. The molecule has 0 atom stereocenters. The van der Waals surface area contributed by atoms with Gasteiger partial charge in [-0.15, -0.1) is 0 Å². The molecule has 0 aliphatic carbocycles. The first-order valence-corrected chi connectivity index (χ1v) is 12.3. The molecule has 1 aromatic rings. The third kappa shape index (κ3) is 8.48.